The summed E-state index contributed by atoms with van der Waals surface area (Å²) >= 11 is 12.7. The summed E-state index contributed by atoms with van der Waals surface area (Å²) < 4.78 is 20.9. The van der Waals surface area contributed by atoms with Crippen molar-refractivity contribution in [2.45, 2.75) is 24.2 Å². The van der Waals surface area contributed by atoms with Gasteiger partial charge in [0.1, 0.15) is 5.75 Å². The minimum absolute atomic E-state index is 0.00446. The number of carbonyl (C=O) groups is 4. The average Bonchev–Trinajstić information content (AvgIpc) is 3.61. The number of amides is 4. The van der Waals surface area contributed by atoms with Crippen LogP contribution < -0.4 is 20.4 Å². The first kappa shape index (κ1) is 37.4. The molecule has 2 aliphatic carbocycles. The number of methoxy groups -OCH3 is 1. The number of hydrazine groups is 1. The quantitative estimate of drug-likeness (QED) is 0.105. The maximum atomic E-state index is 15.5. The van der Waals surface area contributed by atoms with Crippen molar-refractivity contribution in [3.63, 3.8) is 0 Å². The summed E-state index contributed by atoms with van der Waals surface area (Å²) in [5.74, 6) is -7.91. The normalized spacial score (nSPS) is 24.9. The van der Waals surface area contributed by atoms with Gasteiger partial charge in [-0.1, -0.05) is 77.3 Å². The Bertz CT molecular complexity index is 2540. The second kappa shape index (κ2) is 14.3. The van der Waals surface area contributed by atoms with Crippen molar-refractivity contribution < 1.29 is 33.4 Å². The molecule has 3 N–H and O–H groups in total. The van der Waals surface area contributed by atoms with Gasteiger partial charge in [-0.3, -0.25) is 29.5 Å². The third-order valence-corrected chi connectivity index (χ3v) is 12.6. The number of carbonyl (C=O) groups excluding carboxylic acids is 4. The van der Waals surface area contributed by atoms with Crippen LogP contribution in [0.4, 0.5) is 27.1 Å². The molecule has 5 aromatic carbocycles. The fraction of sp³-hybridized carbons (Fsp3) is 0.200. The van der Waals surface area contributed by atoms with Crippen LogP contribution in [0.15, 0.2) is 127 Å². The van der Waals surface area contributed by atoms with Crippen LogP contribution in [0.3, 0.4) is 0 Å². The zero-order valence-electron chi connectivity index (χ0n) is 30.9. The predicted molar refractivity (Wildman–Crippen MR) is 217 cm³/mol. The summed E-state index contributed by atoms with van der Waals surface area (Å²) in [5, 5.41) is 16.2. The number of aromatic hydroxyl groups is 1. The number of allylic oxidation sites excluding steroid dienone is 2. The summed E-state index contributed by atoms with van der Waals surface area (Å²) in [6.07, 6.45) is 1.98. The van der Waals surface area contributed by atoms with Gasteiger partial charge in [-0.15, -0.1) is 0 Å². The molecule has 0 aromatic heterocycles. The molecule has 2 heterocycles. The lowest BCUT2D eigenvalue weighted by Gasteiger charge is -2.50. The van der Waals surface area contributed by atoms with Gasteiger partial charge < -0.3 is 15.2 Å². The molecular formula is C45H35Cl2FN4O6. The molecule has 292 valence electrons. The van der Waals surface area contributed by atoms with Crippen molar-refractivity contribution in [3.05, 3.63) is 154 Å². The molecule has 0 radical (unpaired) electrons. The van der Waals surface area contributed by atoms with Gasteiger partial charge in [-0.25, -0.2) is 4.39 Å². The number of benzene rings is 5. The lowest BCUT2D eigenvalue weighted by Crippen LogP contribution is -2.53. The Hall–Kier alpha value is -6.17. The van der Waals surface area contributed by atoms with Gasteiger partial charge in [0, 0.05) is 27.9 Å². The zero-order chi connectivity index (χ0) is 40.5. The number of nitrogens with one attached hydrogen (secondary N) is 2. The molecule has 2 aliphatic heterocycles. The Kier molecular flexibility index (Phi) is 9.25. The summed E-state index contributed by atoms with van der Waals surface area (Å²) in [4.78, 5) is 60.5. The van der Waals surface area contributed by atoms with Crippen molar-refractivity contribution in [1.29, 1.82) is 0 Å². The maximum Gasteiger partial charge on any atom is 0.260 e. The van der Waals surface area contributed by atoms with Gasteiger partial charge in [0.2, 0.25) is 11.8 Å². The predicted octanol–water partition coefficient (Wildman–Crippen LogP) is 8.78. The first-order valence-corrected chi connectivity index (χ1v) is 19.5. The van der Waals surface area contributed by atoms with Crippen molar-refractivity contribution in [2.75, 3.05) is 22.8 Å². The van der Waals surface area contributed by atoms with Gasteiger partial charge >= 0.3 is 0 Å². The topological polar surface area (TPSA) is 128 Å². The van der Waals surface area contributed by atoms with Crippen molar-refractivity contribution >= 4 is 69.6 Å². The van der Waals surface area contributed by atoms with E-state index in [1.54, 1.807) is 54.6 Å². The number of hydrogen-bond acceptors (Lipinski definition) is 8. The van der Waals surface area contributed by atoms with E-state index < -0.39 is 64.3 Å². The number of hydrogen-bond donors (Lipinski definition) is 3. The molecule has 1 saturated carbocycles. The molecule has 58 heavy (non-hydrogen) atoms. The molecule has 4 amide bonds. The van der Waals surface area contributed by atoms with Crippen LogP contribution in [0.5, 0.6) is 11.5 Å². The van der Waals surface area contributed by atoms with Crippen molar-refractivity contribution in [3.8, 4) is 11.5 Å². The van der Waals surface area contributed by atoms with Crippen LogP contribution in [-0.4, -0.2) is 40.9 Å². The van der Waals surface area contributed by atoms with Gasteiger partial charge in [-0.2, -0.15) is 5.01 Å². The fourth-order valence-electron chi connectivity index (χ4n) is 9.59. The number of rotatable bonds is 8. The lowest BCUT2D eigenvalue weighted by molar-refractivity contribution is -0.138. The number of ether oxygens (including phenoxy) is 1. The Morgan fingerprint density at radius 2 is 1.53 bits per heavy atom. The average molecular weight is 818 g/mol. The molecule has 10 nitrogen and oxygen atoms in total. The second-order valence-electron chi connectivity index (χ2n) is 14.9. The number of fused-ring (bicyclic) bond motifs is 4. The Morgan fingerprint density at radius 1 is 0.810 bits per heavy atom. The van der Waals surface area contributed by atoms with E-state index in [1.807, 2.05) is 36.4 Å². The Balaban J connectivity index is 1.17. The highest BCUT2D eigenvalue weighted by molar-refractivity contribution is 6.36. The van der Waals surface area contributed by atoms with Crippen LogP contribution in [0.1, 0.15) is 29.9 Å². The van der Waals surface area contributed by atoms with Crippen LogP contribution in [0, 0.1) is 29.5 Å². The largest absolute Gasteiger partial charge is 0.505 e. The van der Waals surface area contributed by atoms with E-state index in [-0.39, 0.29) is 35.0 Å². The summed E-state index contributed by atoms with van der Waals surface area (Å²) in [6.45, 7) is 0. The van der Waals surface area contributed by atoms with Gasteiger partial charge in [0.05, 0.1) is 46.7 Å². The molecular weight excluding hydrogens is 782 g/mol. The van der Waals surface area contributed by atoms with E-state index in [4.69, 9.17) is 27.9 Å². The second-order valence-corrected chi connectivity index (χ2v) is 15.8. The molecule has 9 rings (SSSR count). The standard InChI is InChI=1S/C45H35Cl2FN4O6/c1-58-29-17-10-24(11-18-29)45-34(42(55)52(44(45)57)50-37-21-12-25(46)22-35(37)47)23-33-30(39(45)32-8-5-9-36(48)40(32)53)19-20-31-38(33)43(56)51(41(31)54)28-15-13-27(14-16-28)49-26-6-3-2-4-7-26/h2-19,21-22,31,33-34,38-39,49-50,53H,20,23H2,1H3. The van der Waals surface area contributed by atoms with E-state index in [2.05, 4.69) is 10.7 Å². The van der Waals surface area contributed by atoms with E-state index in [9.17, 15) is 19.5 Å². The molecule has 6 atom stereocenters. The summed E-state index contributed by atoms with van der Waals surface area (Å²) in [6, 6.07) is 31.9. The molecule has 2 saturated heterocycles. The van der Waals surface area contributed by atoms with Crippen molar-refractivity contribution in [1.82, 2.24) is 5.01 Å². The number of phenols is 1. The fourth-order valence-corrected chi connectivity index (χ4v) is 10.0. The number of phenolic OH excluding ortho intramolecular Hbond substituents is 1. The van der Waals surface area contributed by atoms with Crippen LogP contribution in [-0.2, 0) is 24.6 Å². The number of imide groups is 2. The highest BCUT2D eigenvalue weighted by Gasteiger charge is 2.70. The first-order valence-electron chi connectivity index (χ1n) is 18.7. The Labute approximate surface area is 342 Å². The molecule has 4 aliphatic rings. The Morgan fingerprint density at radius 3 is 2.24 bits per heavy atom. The van der Waals surface area contributed by atoms with Crippen LogP contribution in [0.2, 0.25) is 10.0 Å². The summed E-state index contributed by atoms with van der Waals surface area (Å²) in [7, 11) is 1.50. The van der Waals surface area contributed by atoms with Crippen LogP contribution >= 0.6 is 23.2 Å². The SMILES string of the molecule is COc1ccc(C23C(=O)N(Nc4ccc(Cl)cc4Cl)C(=O)C2CC2C(=CCC4C(=O)N(c5ccc(Nc6ccccc6)cc5)C(=O)C42)C3c2cccc(F)c2O)cc1. The highest BCUT2D eigenvalue weighted by Crippen LogP contribution is 2.65. The van der Waals surface area contributed by atoms with E-state index in [1.165, 1.54) is 36.3 Å². The molecule has 13 heteroatoms. The highest BCUT2D eigenvalue weighted by atomic mass is 35.5. The van der Waals surface area contributed by atoms with E-state index >= 15 is 9.18 Å². The maximum absolute atomic E-state index is 15.5. The molecule has 3 fully saturated rings. The molecule has 0 bridgehead atoms. The van der Waals surface area contributed by atoms with Crippen LogP contribution in [0.25, 0.3) is 0 Å². The number of nitrogens with zero attached hydrogens (tertiary/aromatic N) is 2. The van der Waals surface area contributed by atoms with Gasteiger partial charge in [-0.05, 0) is 97.1 Å². The third kappa shape index (κ3) is 5.74. The monoisotopic (exact) mass is 816 g/mol. The third-order valence-electron chi connectivity index (χ3n) is 12.1. The van der Waals surface area contributed by atoms with E-state index in [0.29, 0.717) is 27.6 Å². The molecule has 5 aromatic rings. The molecule has 0 spiro atoms. The number of halogens is 3. The smallest absolute Gasteiger partial charge is 0.260 e. The first-order chi connectivity index (χ1) is 28.0. The van der Waals surface area contributed by atoms with Gasteiger partial charge in [0.15, 0.2) is 11.6 Å². The minimum atomic E-state index is -1.76. The van der Waals surface area contributed by atoms with E-state index in [0.717, 1.165) is 22.5 Å². The molecule has 6 unspecified atom stereocenters. The zero-order valence-corrected chi connectivity index (χ0v) is 32.4. The number of anilines is 4. The lowest BCUT2D eigenvalue weighted by atomic mass is 9.49. The van der Waals surface area contributed by atoms with Crippen molar-refractivity contribution in [2.24, 2.45) is 23.7 Å². The minimum Gasteiger partial charge on any atom is -0.505 e. The van der Waals surface area contributed by atoms with Gasteiger partial charge in [0.25, 0.3) is 11.8 Å². The summed E-state index contributed by atoms with van der Waals surface area (Å²) in [5.41, 5.74) is 4.48. The number of para-hydroxylation sites is 2.